The number of nitrogens with one attached hydrogen (secondary N) is 1. The average molecular weight is 300 g/mol. The second-order valence-corrected chi connectivity index (χ2v) is 6.06. The molecule has 2 aromatic heterocycles. The Labute approximate surface area is 128 Å². The maximum atomic E-state index is 11.7. The van der Waals surface area contributed by atoms with E-state index >= 15 is 0 Å². The fourth-order valence-electron chi connectivity index (χ4n) is 3.00. The summed E-state index contributed by atoms with van der Waals surface area (Å²) in [5.41, 5.74) is 0.845. The van der Waals surface area contributed by atoms with Gasteiger partial charge in [-0.1, -0.05) is 0 Å². The molecule has 1 saturated carbocycles. The molecule has 1 N–H and O–H groups in total. The predicted molar refractivity (Wildman–Crippen MR) is 82.5 cm³/mol. The number of rotatable bonds is 5. The third-order valence-electron chi connectivity index (χ3n) is 4.39. The van der Waals surface area contributed by atoms with Gasteiger partial charge >= 0.3 is 0 Å². The second kappa shape index (κ2) is 5.55. The first kappa shape index (κ1) is 13.5. The topological polar surface area (TPSA) is 75.9 Å². The second-order valence-electron chi connectivity index (χ2n) is 6.06. The number of hydrogen-bond donors (Lipinski definition) is 1. The Kier molecular flexibility index (Phi) is 3.40. The van der Waals surface area contributed by atoms with Crippen LogP contribution in [0, 0.1) is 5.92 Å². The van der Waals surface area contributed by atoms with Gasteiger partial charge in [-0.05, 0) is 25.7 Å². The number of anilines is 1. The summed E-state index contributed by atoms with van der Waals surface area (Å²) in [7, 11) is 0. The lowest BCUT2D eigenvalue weighted by Crippen LogP contribution is -2.28. The molecule has 0 atom stereocenters. The lowest BCUT2D eigenvalue weighted by Gasteiger charge is -2.16. The summed E-state index contributed by atoms with van der Waals surface area (Å²) in [5, 5.41) is 8.38. The molecule has 4 rings (SSSR count). The summed E-state index contributed by atoms with van der Waals surface area (Å²) >= 11 is 0. The number of carbonyl (C=O) groups excluding carboxylic acids is 1. The largest absolute Gasteiger partial charge is 0.356 e. The Hall–Kier alpha value is -2.18. The van der Waals surface area contributed by atoms with Crippen molar-refractivity contribution in [2.24, 2.45) is 5.92 Å². The van der Waals surface area contributed by atoms with E-state index in [1.54, 1.807) is 6.33 Å². The highest BCUT2D eigenvalue weighted by Gasteiger charge is 2.29. The molecule has 1 amide bonds. The van der Waals surface area contributed by atoms with Crippen LogP contribution in [0.2, 0.25) is 0 Å². The number of fused-ring (bicyclic) bond motifs is 1. The Morgan fingerprint density at radius 3 is 2.86 bits per heavy atom. The van der Waals surface area contributed by atoms with Crippen LogP contribution in [0.1, 0.15) is 25.7 Å². The van der Waals surface area contributed by atoms with Crippen molar-refractivity contribution in [2.75, 3.05) is 24.5 Å². The molecule has 0 spiro atoms. The molecular weight excluding hydrogens is 280 g/mol. The molecule has 22 heavy (non-hydrogen) atoms. The maximum absolute atomic E-state index is 11.7. The van der Waals surface area contributed by atoms with Crippen molar-refractivity contribution < 1.29 is 4.79 Å². The zero-order valence-corrected chi connectivity index (χ0v) is 12.5. The van der Waals surface area contributed by atoms with Crippen LogP contribution >= 0.6 is 0 Å². The Bertz CT molecular complexity index is 686. The predicted octanol–water partition coefficient (Wildman–Crippen LogP) is 0.953. The first-order valence-corrected chi connectivity index (χ1v) is 8.02. The van der Waals surface area contributed by atoms with Crippen molar-refractivity contribution in [2.45, 2.75) is 32.2 Å². The molecule has 0 bridgehead atoms. The summed E-state index contributed by atoms with van der Waals surface area (Å²) < 4.78 is 1.85. The summed E-state index contributed by atoms with van der Waals surface area (Å²) in [6, 6.07) is 0. The van der Waals surface area contributed by atoms with Crippen LogP contribution in [0.25, 0.3) is 11.0 Å². The van der Waals surface area contributed by atoms with Gasteiger partial charge in [0.25, 0.3) is 0 Å². The Morgan fingerprint density at radius 1 is 1.27 bits per heavy atom. The van der Waals surface area contributed by atoms with E-state index in [0.717, 1.165) is 42.8 Å². The van der Waals surface area contributed by atoms with Gasteiger partial charge in [0.15, 0.2) is 5.65 Å². The molecule has 1 saturated heterocycles. The molecule has 2 aliphatic rings. The molecule has 7 nitrogen and oxygen atoms in total. The molecule has 2 aromatic rings. The van der Waals surface area contributed by atoms with Crippen LogP contribution in [0.4, 0.5) is 5.82 Å². The molecule has 116 valence electrons. The quantitative estimate of drug-likeness (QED) is 0.890. The van der Waals surface area contributed by atoms with Crippen molar-refractivity contribution in [3.05, 3.63) is 12.5 Å². The van der Waals surface area contributed by atoms with Gasteiger partial charge in [0.1, 0.15) is 12.1 Å². The van der Waals surface area contributed by atoms with E-state index in [-0.39, 0.29) is 11.8 Å². The number of aromatic nitrogens is 4. The van der Waals surface area contributed by atoms with Gasteiger partial charge in [-0.2, -0.15) is 5.10 Å². The molecule has 0 unspecified atom stereocenters. The lowest BCUT2D eigenvalue weighted by molar-refractivity contribution is -0.122. The van der Waals surface area contributed by atoms with Crippen LogP contribution in [0.5, 0.6) is 0 Å². The standard InChI is InChI=1S/C15H20N6O/c22-15(11-3-4-11)16-5-8-21-14-12(9-19-21)13(17-10-18-14)20-6-1-2-7-20/h9-11H,1-8H2,(H,16,22). The fourth-order valence-corrected chi connectivity index (χ4v) is 3.00. The summed E-state index contributed by atoms with van der Waals surface area (Å²) in [6.07, 6.45) is 7.94. The highest BCUT2D eigenvalue weighted by molar-refractivity contribution is 5.86. The number of nitrogens with zero attached hydrogens (tertiary/aromatic N) is 5. The third kappa shape index (κ3) is 2.51. The summed E-state index contributed by atoms with van der Waals surface area (Å²) in [5.74, 6) is 1.40. The van der Waals surface area contributed by atoms with Gasteiger partial charge in [0, 0.05) is 25.6 Å². The molecule has 3 heterocycles. The lowest BCUT2D eigenvalue weighted by atomic mass is 10.3. The Morgan fingerprint density at radius 2 is 2.09 bits per heavy atom. The van der Waals surface area contributed by atoms with E-state index in [1.165, 1.54) is 12.8 Å². The molecule has 7 heteroatoms. The zero-order chi connectivity index (χ0) is 14.9. The van der Waals surface area contributed by atoms with Crippen molar-refractivity contribution in [3.63, 3.8) is 0 Å². The summed E-state index contributed by atoms with van der Waals surface area (Å²) in [6.45, 7) is 3.33. The number of hydrogen-bond acceptors (Lipinski definition) is 5. The van der Waals surface area contributed by atoms with Crippen LogP contribution in [-0.4, -0.2) is 45.3 Å². The minimum absolute atomic E-state index is 0.170. The molecular formula is C15H20N6O. The smallest absolute Gasteiger partial charge is 0.223 e. The third-order valence-corrected chi connectivity index (χ3v) is 4.39. The fraction of sp³-hybridized carbons (Fsp3) is 0.600. The van der Waals surface area contributed by atoms with E-state index in [1.807, 2.05) is 10.9 Å². The average Bonchev–Trinajstić information content (AvgIpc) is 3.09. The van der Waals surface area contributed by atoms with Gasteiger partial charge in [0.05, 0.1) is 18.1 Å². The van der Waals surface area contributed by atoms with Crippen LogP contribution in [-0.2, 0) is 11.3 Å². The molecule has 2 fully saturated rings. The van der Waals surface area contributed by atoms with Crippen molar-refractivity contribution in [3.8, 4) is 0 Å². The van der Waals surface area contributed by atoms with Crippen molar-refractivity contribution in [1.82, 2.24) is 25.1 Å². The van der Waals surface area contributed by atoms with E-state index < -0.39 is 0 Å². The van der Waals surface area contributed by atoms with Crippen LogP contribution < -0.4 is 10.2 Å². The van der Waals surface area contributed by atoms with Crippen molar-refractivity contribution >= 4 is 22.8 Å². The minimum Gasteiger partial charge on any atom is -0.356 e. The molecule has 1 aliphatic heterocycles. The first-order chi connectivity index (χ1) is 10.8. The summed E-state index contributed by atoms with van der Waals surface area (Å²) in [4.78, 5) is 22.8. The van der Waals surface area contributed by atoms with Gasteiger partial charge in [-0.3, -0.25) is 4.79 Å². The first-order valence-electron chi connectivity index (χ1n) is 8.02. The molecule has 1 aliphatic carbocycles. The van der Waals surface area contributed by atoms with Crippen LogP contribution in [0.3, 0.4) is 0 Å². The normalized spacial score (nSPS) is 18.1. The number of amides is 1. The monoisotopic (exact) mass is 300 g/mol. The van der Waals surface area contributed by atoms with E-state index in [4.69, 9.17) is 0 Å². The molecule has 0 radical (unpaired) electrons. The minimum atomic E-state index is 0.170. The van der Waals surface area contributed by atoms with Crippen LogP contribution in [0.15, 0.2) is 12.5 Å². The maximum Gasteiger partial charge on any atom is 0.223 e. The van der Waals surface area contributed by atoms with Gasteiger partial charge in [0.2, 0.25) is 5.91 Å². The van der Waals surface area contributed by atoms with E-state index in [2.05, 4.69) is 25.3 Å². The highest BCUT2D eigenvalue weighted by Crippen LogP contribution is 2.28. The van der Waals surface area contributed by atoms with Gasteiger partial charge in [-0.25, -0.2) is 14.6 Å². The zero-order valence-electron chi connectivity index (χ0n) is 12.5. The van der Waals surface area contributed by atoms with Gasteiger partial charge < -0.3 is 10.2 Å². The number of carbonyl (C=O) groups is 1. The molecule has 0 aromatic carbocycles. The van der Waals surface area contributed by atoms with Crippen molar-refractivity contribution in [1.29, 1.82) is 0 Å². The van der Waals surface area contributed by atoms with E-state index in [9.17, 15) is 4.79 Å². The van der Waals surface area contributed by atoms with E-state index in [0.29, 0.717) is 13.1 Å². The SMILES string of the molecule is O=C(NCCn1ncc2c(N3CCCC3)ncnc21)C1CC1. The highest BCUT2D eigenvalue weighted by atomic mass is 16.2. The van der Waals surface area contributed by atoms with Gasteiger partial charge in [-0.15, -0.1) is 0 Å². The Balaban J connectivity index is 1.49.